The van der Waals surface area contributed by atoms with Crippen molar-refractivity contribution in [2.75, 3.05) is 0 Å². The quantitative estimate of drug-likeness (QED) is 0.319. The number of hydrogen-bond donors (Lipinski definition) is 0. The van der Waals surface area contributed by atoms with E-state index in [2.05, 4.69) is 0 Å². The van der Waals surface area contributed by atoms with Crippen LogP contribution in [0.25, 0.3) is 0 Å². The monoisotopic (exact) mass is 191 g/mol. The van der Waals surface area contributed by atoms with Gasteiger partial charge in [-0.25, -0.2) is 0 Å². The van der Waals surface area contributed by atoms with Crippen LogP contribution in [0.1, 0.15) is 17.3 Å². The molecule has 0 saturated heterocycles. The van der Waals surface area contributed by atoms with Crippen molar-refractivity contribution < 1.29 is 9.72 Å². The summed E-state index contributed by atoms with van der Waals surface area (Å²) in [6, 6.07) is 5.52. The Balaban J connectivity index is 2.94. The van der Waals surface area contributed by atoms with Gasteiger partial charge in [-0.15, -0.1) is 0 Å². The molecule has 72 valence electrons. The Hall–Kier alpha value is -1.97. The summed E-state index contributed by atoms with van der Waals surface area (Å²) in [5.41, 5.74) is 0.440. The number of benzene rings is 1. The molecule has 0 aliphatic carbocycles. The fourth-order valence-electron chi connectivity index (χ4n) is 0.995. The lowest BCUT2D eigenvalue weighted by Gasteiger charge is -1.94. The van der Waals surface area contributed by atoms with E-state index in [1.807, 2.05) is 0 Å². The molecule has 0 spiro atoms. The molecule has 0 radical (unpaired) electrons. The smallest absolute Gasteiger partial charge is 0.269 e. The topological polar surface area (TPSA) is 60.2 Å². The van der Waals surface area contributed by atoms with Crippen molar-refractivity contribution in [2.45, 2.75) is 6.92 Å². The zero-order valence-corrected chi connectivity index (χ0v) is 7.64. The molecule has 0 bridgehead atoms. The highest BCUT2D eigenvalue weighted by Gasteiger charge is 2.06. The zero-order valence-electron chi connectivity index (χ0n) is 7.64. The maximum Gasteiger partial charge on any atom is 0.269 e. The fourth-order valence-corrected chi connectivity index (χ4v) is 0.995. The second-order valence-electron chi connectivity index (χ2n) is 2.67. The number of carbonyl (C=O) groups is 1. The lowest BCUT2D eigenvalue weighted by molar-refractivity contribution is -0.384. The van der Waals surface area contributed by atoms with Crippen molar-refractivity contribution in [1.29, 1.82) is 0 Å². The van der Waals surface area contributed by atoms with Crippen molar-refractivity contribution in [3.63, 3.8) is 0 Å². The van der Waals surface area contributed by atoms with Gasteiger partial charge in [-0.3, -0.25) is 14.9 Å². The highest BCUT2D eigenvalue weighted by atomic mass is 16.6. The molecule has 4 heteroatoms. The minimum Gasteiger partial charge on any atom is -0.289 e. The van der Waals surface area contributed by atoms with Gasteiger partial charge in [0.25, 0.3) is 5.69 Å². The molecule has 0 aliphatic rings. The number of carbonyl (C=O) groups excluding carboxylic acids is 1. The highest BCUT2D eigenvalue weighted by molar-refractivity contribution is 6.04. The van der Waals surface area contributed by atoms with E-state index < -0.39 is 4.92 Å². The molecule has 0 aliphatic heterocycles. The summed E-state index contributed by atoms with van der Waals surface area (Å²) < 4.78 is 0. The van der Waals surface area contributed by atoms with E-state index in [1.165, 1.54) is 30.3 Å². The van der Waals surface area contributed by atoms with E-state index in [4.69, 9.17) is 0 Å². The summed E-state index contributed by atoms with van der Waals surface area (Å²) in [6.07, 6.45) is 3.05. The van der Waals surface area contributed by atoms with Gasteiger partial charge in [-0.1, -0.05) is 6.08 Å². The standard InChI is InChI=1S/C10H9NO3/c1-2-3-10(12)8-4-6-9(7-5-8)11(13)14/h2-7H,1H3/b3-2+. The molecule has 0 heterocycles. The lowest BCUT2D eigenvalue weighted by atomic mass is 10.1. The van der Waals surface area contributed by atoms with Gasteiger partial charge in [-0.05, 0) is 25.1 Å². The maximum absolute atomic E-state index is 11.3. The van der Waals surface area contributed by atoms with Crippen LogP contribution in [0.4, 0.5) is 5.69 Å². The van der Waals surface area contributed by atoms with Gasteiger partial charge in [-0.2, -0.15) is 0 Å². The van der Waals surface area contributed by atoms with E-state index >= 15 is 0 Å². The molecular weight excluding hydrogens is 182 g/mol. The number of nitro benzene ring substituents is 1. The summed E-state index contributed by atoms with van der Waals surface area (Å²) in [7, 11) is 0. The van der Waals surface area contributed by atoms with Gasteiger partial charge in [0.1, 0.15) is 0 Å². The molecule has 1 rings (SSSR count). The Bertz CT molecular complexity index is 379. The molecule has 1 aromatic carbocycles. The van der Waals surface area contributed by atoms with Gasteiger partial charge in [0.05, 0.1) is 4.92 Å². The third-order valence-electron chi connectivity index (χ3n) is 1.68. The normalized spacial score (nSPS) is 10.4. The summed E-state index contributed by atoms with van der Waals surface area (Å²) >= 11 is 0. The first-order chi connectivity index (χ1) is 6.65. The molecule has 0 fully saturated rings. The predicted octanol–water partition coefficient (Wildman–Crippen LogP) is 2.35. The average Bonchev–Trinajstić information content (AvgIpc) is 2.18. The van der Waals surface area contributed by atoms with Gasteiger partial charge in [0.2, 0.25) is 0 Å². The van der Waals surface area contributed by atoms with E-state index in [9.17, 15) is 14.9 Å². The van der Waals surface area contributed by atoms with E-state index in [0.29, 0.717) is 5.56 Å². The maximum atomic E-state index is 11.3. The number of hydrogen-bond acceptors (Lipinski definition) is 3. The first-order valence-electron chi connectivity index (χ1n) is 4.06. The van der Waals surface area contributed by atoms with Crippen molar-refractivity contribution in [3.05, 3.63) is 52.1 Å². The molecule has 0 N–H and O–H groups in total. The number of allylic oxidation sites excluding steroid dienone is 2. The first kappa shape index (κ1) is 10.1. The second-order valence-corrected chi connectivity index (χ2v) is 2.67. The predicted molar refractivity (Wildman–Crippen MR) is 52.2 cm³/mol. The third kappa shape index (κ3) is 2.26. The molecule has 0 atom stereocenters. The Morgan fingerprint density at radius 3 is 2.36 bits per heavy atom. The number of nitro groups is 1. The van der Waals surface area contributed by atoms with Crippen LogP contribution in [-0.2, 0) is 0 Å². The zero-order chi connectivity index (χ0) is 10.6. The van der Waals surface area contributed by atoms with Crippen molar-refractivity contribution in [3.8, 4) is 0 Å². The number of non-ortho nitro benzene ring substituents is 1. The van der Waals surface area contributed by atoms with Crippen LogP contribution in [0, 0.1) is 10.1 Å². The van der Waals surface area contributed by atoms with E-state index in [-0.39, 0.29) is 11.5 Å². The summed E-state index contributed by atoms with van der Waals surface area (Å²) in [6.45, 7) is 1.74. The summed E-state index contributed by atoms with van der Waals surface area (Å²) in [5, 5.41) is 10.3. The third-order valence-corrected chi connectivity index (χ3v) is 1.68. The van der Waals surface area contributed by atoms with Crippen LogP contribution in [0.2, 0.25) is 0 Å². The Labute approximate surface area is 81.0 Å². The van der Waals surface area contributed by atoms with E-state index in [0.717, 1.165) is 0 Å². The minimum absolute atomic E-state index is 0.0120. The minimum atomic E-state index is -0.496. The van der Waals surface area contributed by atoms with E-state index in [1.54, 1.807) is 13.0 Å². The van der Waals surface area contributed by atoms with Crippen LogP contribution >= 0.6 is 0 Å². The van der Waals surface area contributed by atoms with Crippen LogP contribution < -0.4 is 0 Å². The molecular formula is C10H9NO3. The SMILES string of the molecule is C/C=C/C(=O)c1ccc([N+](=O)[O-])cc1. The van der Waals surface area contributed by atoms with Gasteiger partial charge < -0.3 is 0 Å². The van der Waals surface area contributed by atoms with Gasteiger partial charge in [0.15, 0.2) is 5.78 Å². The Kier molecular flexibility index (Phi) is 3.12. The molecule has 1 aromatic rings. The number of nitrogens with zero attached hydrogens (tertiary/aromatic N) is 1. The number of rotatable bonds is 3. The summed E-state index contributed by atoms with van der Waals surface area (Å²) in [5.74, 6) is -0.151. The van der Waals surface area contributed by atoms with Gasteiger partial charge in [0, 0.05) is 17.7 Å². The van der Waals surface area contributed by atoms with Crippen LogP contribution in [0.3, 0.4) is 0 Å². The van der Waals surface area contributed by atoms with Crippen LogP contribution in [0.15, 0.2) is 36.4 Å². The average molecular weight is 191 g/mol. The van der Waals surface area contributed by atoms with Crippen molar-refractivity contribution in [1.82, 2.24) is 0 Å². The molecule has 0 unspecified atom stereocenters. The lowest BCUT2D eigenvalue weighted by Crippen LogP contribution is -1.94. The largest absolute Gasteiger partial charge is 0.289 e. The van der Waals surface area contributed by atoms with Crippen molar-refractivity contribution in [2.24, 2.45) is 0 Å². The molecule has 14 heavy (non-hydrogen) atoms. The van der Waals surface area contributed by atoms with Gasteiger partial charge >= 0.3 is 0 Å². The molecule has 0 saturated carbocycles. The second kappa shape index (κ2) is 4.32. The Morgan fingerprint density at radius 1 is 1.36 bits per heavy atom. The first-order valence-corrected chi connectivity index (χ1v) is 4.06. The fraction of sp³-hybridized carbons (Fsp3) is 0.100. The van der Waals surface area contributed by atoms with Crippen LogP contribution in [-0.4, -0.2) is 10.7 Å². The molecule has 0 aromatic heterocycles. The number of ketones is 1. The molecule has 4 nitrogen and oxygen atoms in total. The highest BCUT2D eigenvalue weighted by Crippen LogP contribution is 2.12. The Morgan fingerprint density at radius 2 is 1.93 bits per heavy atom. The molecule has 0 amide bonds. The van der Waals surface area contributed by atoms with Crippen molar-refractivity contribution >= 4 is 11.5 Å². The van der Waals surface area contributed by atoms with Crippen LogP contribution in [0.5, 0.6) is 0 Å². The summed E-state index contributed by atoms with van der Waals surface area (Å²) in [4.78, 5) is 21.1.